The lowest BCUT2D eigenvalue weighted by atomic mass is 9.81. The number of hydrogen-bond donors (Lipinski definition) is 1. The van der Waals surface area contributed by atoms with Crippen molar-refractivity contribution in [1.82, 2.24) is 0 Å². The van der Waals surface area contributed by atoms with Crippen molar-refractivity contribution in [3.8, 4) is 0 Å². The highest BCUT2D eigenvalue weighted by atomic mass is 32.1. The van der Waals surface area contributed by atoms with E-state index in [2.05, 4.69) is 11.4 Å². The smallest absolute Gasteiger partial charge is 0.137 e. The zero-order chi connectivity index (χ0) is 11.4. The maximum atomic E-state index is 12.0. The second-order valence-corrected chi connectivity index (χ2v) is 5.63. The molecule has 1 fully saturated rings. The molecule has 1 aromatic rings. The molecule has 0 aromatic carbocycles. The number of thiophene rings is 1. The van der Waals surface area contributed by atoms with Crippen LogP contribution >= 0.6 is 11.3 Å². The van der Waals surface area contributed by atoms with E-state index < -0.39 is 0 Å². The summed E-state index contributed by atoms with van der Waals surface area (Å²) in [5, 5.41) is 2.06. The SMILES string of the molecule is NC1CCCCC1C(=O)CCc1cccs1. The molecule has 0 radical (unpaired) electrons. The first kappa shape index (κ1) is 11.8. The van der Waals surface area contributed by atoms with Crippen LogP contribution in [0.15, 0.2) is 17.5 Å². The maximum absolute atomic E-state index is 12.0. The van der Waals surface area contributed by atoms with Gasteiger partial charge in [0.1, 0.15) is 5.78 Å². The van der Waals surface area contributed by atoms with E-state index in [9.17, 15) is 4.79 Å². The Kier molecular flexibility index (Phi) is 4.13. The Morgan fingerprint density at radius 2 is 2.25 bits per heavy atom. The van der Waals surface area contributed by atoms with E-state index in [4.69, 9.17) is 5.73 Å². The molecule has 2 unspecified atom stereocenters. The van der Waals surface area contributed by atoms with E-state index in [-0.39, 0.29) is 12.0 Å². The molecule has 2 nitrogen and oxygen atoms in total. The van der Waals surface area contributed by atoms with Gasteiger partial charge in [-0.25, -0.2) is 0 Å². The fourth-order valence-electron chi connectivity index (χ4n) is 2.45. The van der Waals surface area contributed by atoms with Gasteiger partial charge in [0.15, 0.2) is 0 Å². The van der Waals surface area contributed by atoms with Gasteiger partial charge in [-0.1, -0.05) is 18.9 Å². The van der Waals surface area contributed by atoms with E-state index in [1.165, 1.54) is 17.7 Å². The van der Waals surface area contributed by atoms with Crippen molar-refractivity contribution in [1.29, 1.82) is 0 Å². The molecule has 0 amide bonds. The van der Waals surface area contributed by atoms with Crippen molar-refractivity contribution < 1.29 is 4.79 Å². The molecule has 2 rings (SSSR count). The molecule has 0 saturated heterocycles. The number of nitrogens with two attached hydrogens (primary N) is 1. The Morgan fingerprint density at radius 1 is 1.44 bits per heavy atom. The average molecular weight is 237 g/mol. The van der Waals surface area contributed by atoms with E-state index in [0.717, 1.165) is 19.3 Å². The molecule has 3 heteroatoms. The molecule has 2 atom stereocenters. The third kappa shape index (κ3) is 2.92. The largest absolute Gasteiger partial charge is 0.327 e. The highest BCUT2D eigenvalue weighted by molar-refractivity contribution is 7.09. The van der Waals surface area contributed by atoms with Crippen molar-refractivity contribution in [2.24, 2.45) is 11.7 Å². The summed E-state index contributed by atoms with van der Waals surface area (Å²) in [7, 11) is 0. The monoisotopic (exact) mass is 237 g/mol. The van der Waals surface area contributed by atoms with Crippen molar-refractivity contribution in [3.05, 3.63) is 22.4 Å². The van der Waals surface area contributed by atoms with Gasteiger partial charge in [0.2, 0.25) is 0 Å². The minimum Gasteiger partial charge on any atom is -0.327 e. The van der Waals surface area contributed by atoms with Gasteiger partial charge < -0.3 is 5.73 Å². The Morgan fingerprint density at radius 3 is 2.94 bits per heavy atom. The predicted octanol–water partition coefficient (Wildman–Crippen LogP) is 2.77. The average Bonchev–Trinajstić information content (AvgIpc) is 2.79. The van der Waals surface area contributed by atoms with E-state index in [1.807, 2.05) is 6.07 Å². The minimum atomic E-state index is 0.115. The summed E-state index contributed by atoms with van der Waals surface area (Å²) in [5.74, 6) is 0.509. The second-order valence-electron chi connectivity index (χ2n) is 4.60. The van der Waals surface area contributed by atoms with E-state index in [0.29, 0.717) is 12.2 Å². The summed E-state index contributed by atoms with van der Waals surface area (Å²) in [5.41, 5.74) is 6.01. The van der Waals surface area contributed by atoms with Gasteiger partial charge in [-0.15, -0.1) is 11.3 Å². The van der Waals surface area contributed by atoms with Crippen LogP contribution in [0.1, 0.15) is 37.0 Å². The molecule has 1 aliphatic carbocycles. The fourth-order valence-corrected chi connectivity index (χ4v) is 3.15. The Bertz CT molecular complexity index is 334. The third-order valence-electron chi connectivity index (χ3n) is 3.43. The highest BCUT2D eigenvalue weighted by Crippen LogP contribution is 2.25. The number of hydrogen-bond acceptors (Lipinski definition) is 3. The van der Waals surface area contributed by atoms with Crippen LogP contribution < -0.4 is 5.73 Å². The first-order valence-electron chi connectivity index (χ1n) is 6.08. The Labute approximate surface area is 101 Å². The molecular formula is C13H19NOS. The zero-order valence-corrected chi connectivity index (χ0v) is 10.3. The molecule has 2 N–H and O–H groups in total. The Balaban J connectivity index is 1.83. The molecular weight excluding hydrogens is 218 g/mol. The topological polar surface area (TPSA) is 43.1 Å². The van der Waals surface area contributed by atoms with E-state index in [1.54, 1.807) is 11.3 Å². The van der Waals surface area contributed by atoms with Gasteiger partial charge in [0, 0.05) is 23.3 Å². The van der Waals surface area contributed by atoms with Gasteiger partial charge >= 0.3 is 0 Å². The van der Waals surface area contributed by atoms with Gasteiger partial charge in [-0.3, -0.25) is 4.79 Å². The standard InChI is InChI=1S/C13H19NOS/c14-12-6-2-1-5-11(12)13(15)8-7-10-4-3-9-16-10/h3-4,9,11-12H,1-2,5-8,14H2. The molecule has 1 aliphatic rings. The van der Waals surface area contributed by atoms with Crippen LogP contribution in [0.4, 0.5) is 0 Å². The predicted molar refractivity (Wildman–Crippen MR) is 67.6 cm³/mol. The first-order valence-corrected chi connectivity index (χ1v) is 6.96. The van der Waals surface area contributed by atoms with Crippen molar-refractivity contribution in [3.63, 3.8) is 0 Å². The molecule has 88 valence electrons. The number of rotatable bonds is 4. The summed E-state index contributed by atoms with van der Waals surface area (Å²) in [6, 6.07) is 4.25. The summed E-state index contributed by atoms with van der Waals surface area (Å²) in [6.45, 7) is 0. The molecule has 1 heterocycles. The molecule has 1 aromatic heterocycles. The van der Waals surface area contributed by atoms with Crippen molar-refractivity contribution in [2.75, 3.05) is 0 Å². The number of aryl methyl sites for hydroxylation is 1. The molecule has 0 spiro atoms. The first-order chi connectivity index (χ1) is 7.77. The number of ketones is 1. The van der Waals surface area contributed by atoms with Crippen LogP contribution in [0.3, 0.4) is 0 Å². The van der Waals surface area contributed by atoms with Crippen LogP contribution in [0.2, 0.25) is 0 Å². The van der Waals surface area contributed by atoms with Crippen LogP contribution in [-0.4, -0.2) is 11.8 Å². The summed E-state index contributed by atoms with van der Waals surface area (Å²) < 4.78 is 0. The number of carbonyl (C=O) groups is 1. The molecule has 16 heavy (non-hydrogen) atoms. The number of Topliss-reactive ketones (excluding diaryl/α,β-unsaturated/α-hetero) is 1. The van der Waals surface area contributed by atoms with Crippen molar-refractivity contribution in [2.45, 2.75) is 44.6 Å². The summed E-state index contributed by atoms with van der Waals surface area (Å²) >= 11 is 1.73. The number of carbonyl (C=O) groups excluding carboxylic acids is 1. The zero-order valence-electron chi connectivity index (χ0n) is 9.52. The van der Waals surface area contributed by atoms with Gasteiger partial charge in [-0.05, 0) is 30.7 Å². The normalized spacial score (nSPS) is 25.6. The van der Waals surface area contributed by atoms with Crippen LogP contribution in [0.5, 0.6) is 0 Å². The maximum Gasteiger partial charge on any atom is 0.137 e. The summed E-state index contributed by atoms with van der Waals surface area (Å²) in [4.78, 5) is 13.3. The van der Waals surface area contributed by atoms with Crippen molar-refractivity contribution >= 4 is 17.1 Å². The molecule has 1 saturated carbocycles. The minimum absolute atomic E-state index is 0.115. The van der Waals surface area contributed by atoms with Crippen LogP contribution in [0.25, 0.3) is 0 Å². The summed E-state index contributed by atoms with van der Waals surface area (Å²) in [6.07, 6.45) is 5.94. The van der Waals surface area contributed by atoms with E-state index >= 15 is 0 Å². The molecule has 0 aliphatic heterocycles. The third-order valence-corrected chi connectivity index (χ3v) is 4.37. The fraction of sp³-hybridized carbons (Fsp3) is 0.615. The van der Waals surface area contributed by atoms with Gasteiger partial charge in [0.05, 0.1) is 0 Å². The lowest BCUT2D eigenvalue weighted by molar-refractivity contribution is -0.124. The lowest BCUT2D eigenvalue weighted by Gasteiger charge is -2.27. The van der Waals surface area contributed by atoms with Gasteiger partial charge in [-0.2, -0.15) is 0 Å². The van der Waals surface area contributed by atoms with Gasteiger partial charge in [0.25, 0.3) is 0 Å². The van der Waals surface area contributed by atoms with Crippen LogP contribution in [0, 0.1) is 5.92 Å². The second kappa shape index (κ2) is 5.60. The quantitative estimate of drug-likeness (QED) is 0.875. The lowest BCUT2D eigenvalue weighted by Crippen LogP contribution is -2.38. The van der Waals surface area contributed by atoms with Crippen LogP contribution in [-0.2, 0) is 11.2 Å². The molecule has 0 bridgehead atoms. The highest BCUT2D eigenvalue weighted by Gasteiger charge is 2.27. The Hall–Kier alpha value is -0.670.